The van der Waals surface area contributed by atoms with Gasteiger partial charge in [-0.1, -0.05) is 0 Å². The Kier molecular flexibility index (Phi) is 3.99. The number of carbonyl (C=O) groups is 1. The van der Waals surface area contributed by atoms with Crippen LogP contribution >= 0.6 is 11.3 Å². The minimum Gasteiger partial charge on any atom is -0.352 e. The first-order valence-corrected chi connectivity index (χ1v) is 6.94. The number of nitrogens with zero attached hydrogens (tertiary/aromatic N) is 2. The molecule has 94 valence electrons. The van der Waals surface area contributed by atoms with Gasteiger partial charge in [-0.05, 0) is 33.1 Å². The fourth-order valence-electron chi connectivity index (χ4n) is 1.95. The summed E-state index contributed by atoms with van der Waals surface area (Å²) in [5.41, 5.74) is 1.04. The van der Waals surface area contributed by atoms with Crippen molar-refractivity contribution in [1.82, 2.24) is 9.88 Å². The molecule has 4 nitrogen and oxygen atoms in total. The Hall–Kier alpha value is -1.10. The van der Waals surface area contributed by atoms with Gasteiger partial charge in [-0.15, -0.1) is 11.3 Å². The van der Waals surface area contributed by atoms with Gasteiger partial charge in [-0.2, -0.15) is 0 Å². The molecule has 0 aliphatic carbocycles. The minimum absolute atomic E-state index is 0.190. The highest BCUT2D eigenvalue weighted by Gasteiger charge is 2.16. The Labute approximate surface area is 106 Å². The zero-order valence-corrected chi connectivity index (χ0v) is 11.3. The van der Waals surface area contributed by atoms with Gasteiger partial charge in [0.1, 0.15) is 0 Å². The van der Waals surface area contributed by atoms with Crippen LogP contribution in [0.5, 0.6) is 0 Å². The molecule has 1 aliphatic rings. The lowest BCUT2D eigenvalue weighted by Gasteiger charge is -2.26. The molecule has 1 saturated heterocycles. The average molecular weight is 253 g/mol. The van der Waals surface area contributed by atoms with Gasteiger partial charge in [0, 0.05) is 18.0 Å². The Morgan fingerprint density at radius 1 is 1.35 bits per heavy atom. The number of carbonyl (C=O) groups excluding carboxylic acids is 1. The zero-order chi connectivity index (χ0) is 12.3. The number of likely N-dealkylation sites (tertiary alicyclic amines) is 1. The first kappa shape index (κ1) is 12.4. The molecule has 2 heterocycles. The van der Waals surface area contributed by atoms with Gasteiger partial charge in [0.2, 0.25) is 5.91 Å². The number of amides is 1. The van der Waals surface area contributed by atoms with E-state index in [4.69, 9.17) is 0 Å². The second-order valence-electron chi connectivity index (χ2n) is 4.46. The molecule has 1 amide bonds. The van der Waals surface area contributed by atoms with Crippen molar-refractivity contribution in [2.24, 2.45) is 0 Å². The van der Waals surface area contributed by atoms with Crippen LogP contribution in [0.1, 0.15) is 29.8 Å². The molecule has 1 aromatic heterocycles. The predicted molar refractivity (Wildman–Crippen MR) is 70.5 cm³/mol. The molecule has 5 heteroatoms. The van der Waals surface area contributed by atoms with E-state index in [0.29, 0.717) is 6.54 Å². The maximum absolute atomic E-state index is 11.9. The maximum Gasteiger partial charge on any atom is 0.241 e. The number of aryl methyl sites for hydroxylation is 2. The molecular formula is C12H19N3OS. The molecular weight excluding hydrogens is 234 g/mol. The highest BCUT2D eigenvalue weighted by Crippen LogP contribution is 2.20. The van der Waals surface area contributed by atoms with E-state index in [1.54, 1.807) is 11.3 Å². The van der Waals surface area contributed by atoms with Crippen molar-refractivity contribution < 1.29 is 4.79 Å². The number of hydrogen-bond acceptors (Lipinski definition) is 4. The lowest BCUT2D eigenvalue weighted by atomic mass is 10.1. The smallest absolute Gasteiger partial charge is 0.241 e. The molecule has 1 aliphatic heterocycles. The maximum atomic E-state index is 11.9. The van der Waals surface area contributed by atoms with Crippen molar-refractivity contribution >= 4 is 22.4 Å². The van der Waals surface area contributed by atoms with Crippen LogP contribution in [0.2, 0.25) is 0 Å². The van der Waals surface area contributed by atoms with Gasteiger partial charge in [-0.3, -0.25) is 4.79 Å². The zero-order valence-electron chi connectivity index (χ0n) is 10.5. The van der Waals surface area contributed by atoms with Crippen LogP contribution in [0.15, 0.2) is 0 Å². The third kappa shape index (κ3) is 3.19. The van der Waals surface area contributed by atoms with Gasteiger partial charge in [0.05, 0.1) is 12.2 Å². The summed E-state index contributed by atoms with van der Waals surface area (Å²) in [6, 6.07) is 0. The van der Waals surface area contributed by atoms with E-state index in [0.717, 1.165) is 36.8 Å². The number of nitrogens with one attached hydrogen (secondary N) is 1. The van der Waals surface area contributed by atoms with Gasteiger partial charge < -0.3 is 10.2 Å². The lowest BCUT2D eigenvalue weighted by Crippen LogP contribution is -2.39. The van der Waals surface area contributed by atoms with E-state index in [1.165, 1.54) is 11.3 Å². The monoisotopic (exact) mass is 253 g/mol. The second kappa shape index (κ2) is 5.49. The van der Waals surface area contributed by atoms with Crippen molar-refractivity contribution in [2.75, 3.05) is 25.0 Å². The summed E-state index contributed by atoms with van der Waals surface area (Å²) in [4.78, 5) is 19.4. The molecule has 1 fully saturated rings. The van der Waals surface area contributed by atoms with Gasteiger partial charge in [-0.25, -0.2) is 4.98 Å². The first-order chi connectivity index (χ1) is 8.16. The number of rotatable bonds is 3. The van der Waals surface area contributed by atoms with E-state index in [2.05, 4.69) is 10.3 Å². The SMILES string of the molecule is Cc1nc(NCC(=O)N2CCCCC2)sc1C. The van der Waals surface area contributed by atoms with Crippen molar-refractivity contribution in [3.05, 3.63) is 10.6 Å². The van der Waals surface area contributed by atoms with Crippen LogP contribution in [-0.4, -0.2) is 35.4 Å². The highest BCUT2D eigenvalue weighted by atomic mass is 32.1. The highest BCUT2D eigenvalue weighted by molar-refractivity contribution is 7.15. The molecule has 17 heavy (non-hydrogen) atoms. The normalized spacial score (nSPS) is 16.0. The molecule has 0 saturated carbocycles. The Morgan fingerprint density at radius 3 is 2.65 bits per heavy atom. The number of hydrogen-bond donors (Lipinski definition) is 1. The average Bonchev–Trinajstić information content (AvgIpc) is 2.67. The van der Waals surface area contributed by atoms with E-state index in [1.807, 2.05) is 18.7 Å². The molecule has 0 radical (unpaired) electrons. The molecule has 0 aromatic carbocycles. The minimum atomic E-state index is 0.190. The fourth-order valence-corrected chi connectivity index (χ4v) is 2.76. The summed E-state index contributed by atoms with van der Waals surface area (Å²) in [5.74, 6) is 0.190. The Bertz CT molecular complexity index is 377. The van der Waals surface area contributed by atoms with E-state index < -0.39 is 0 Å². The number of anilines is 1. The lowest BCUT2D eigenvalue weighted by molar-refractivity contribution is -0.130. The summed E-state index contributed by atoms with van der Waals surface area (Å²) in [5, 5.41) is 3.97. The third-order valence-electron chi connectivity index (χ3n) is 3.13. The Balaban J connectivity index is 1.83. The molecule has 0 spiro atoms. The van der Waals surface area contributed by atoms with Gasteiger partial charge in [0.15, 0.2) is 5.13 Å². The van der Waals surface area contributed by atoms with Crippen molar-refractivity contribution in [1.29, 1.82) is 0 Å². The molecule has 0 bridgehead atoms. The topological polar surface area (TPSA) is 45.2 Å². The summed E-state index contributed by atoms with van der Waals surface area (Å²) in [6.45, 7) is 6.23. The molecule has 1 aromatic rings. The summed E-state index contributed by atoms with van der Waals surface area (Å²) in [6.07, 6.45) is 3.53. The quantitative estimate of drug-likeness (QED) is 0.898. The number of piperidine rings is 1. The van der Waals surface area contributed by atoms with Gasteiger partial charge in [0.25, 0.3) is 0 Å². The molecule has 1 N–H and O–H groups in total. The largest absolute Gasteiger partial charge is 0.352 e. The van der Waals surface area contributed by atoms with Crippen LogP contribution in [-0.2, 0) is 4.79 Å². The standard InChI is InChI=1S/C12H19N3OS/c1-9-10(2)17-12(14-9)13-8-11(16)15-6-4-3-5-7-15/h3-8H2,1-2H3,(H,13,14). The first-order valence-electron chi connectivity index (χ1n) is 6.12. The van der Waals surface area contributed by atoms with E-state index in [9.17, 15) is 4.79 Å². The second-order valence-corrected chi connectivity index (χ2v) is 5.66. The van der Waals surface area contributed by atoms with Crippen LogP contribution in [0.3, 0.4) is 0 Å². The van der Waals surface area contributed by atoms with Crippen molar-refractivity contribution in [3.63, 3.8) is 0 Å². The number of thiazole rings is 1. The van der Waals surface area contributed by atoms with Crippen LogP contribution in [0.4, 0.5) is 5.13 Å². The van der Waals surface area contributed by atoms with Crippen LogP contribution in [0.25, 0.3) is 0 Å². The third-order valence-corrected chi connectivity index (χ3v) is 4.16. The van der Waals surface area contributed by atoms with Crippen LogP contribution in [0, 0.1) is 13.8 Å². The van der Waals surface area contributed by atoms with Gasteiger partial charge >= 0.3 is 0 Å². The Morgan fingerprint density at radius 2 is 2.06 bits per heavy atom. The van der Waals surface area contributed by atoms with E-state index >= 15 is 0 Å². The predicted octanol–water partition coefficient (Wildman–Crippen LogP) is 2.18. The molecule has 2 rings (SSSR count). The summed E-state index contributed by atoms with van der Waals surface area (Å²) in [7, 11) is 0. The summed E-state index contributed by atoms with van der Waals surface area (Å²) < 4.78 is 0. The number of aromatic nitrogens is 1. The van der Waals surface area contributed by atoms with Crippen molar-refractivity contribution in [3.8, 4) is 0 Å². The molecule has 0 unspecified atom stereocenters. The van der Waals surface area contributed by atoms with Crippen molar-refractivity contribution in [2.45, 2.75) is 33.1 Å². The fraction of sp³-hybridized carbons (Fsp3) is 0.667. The summed E-state index contributed by atoms with van der Waals surface area (Å²) >= 11 is 1.61. The van der Waals surface area contributed by atoms with Crippen LogP contribution < -0.4 is 5.32 Å². The molecule has 0 atom stereocenters. The van der Waals surface area contributed by atoms with E-state index in [-0.39, 0.29) is 5.91 Å².